The Morgan fingerprint density at radius 1 is 0.909 bits per heavy atom. The van der Waals surface area contributed by atoms with Gasteiger partial charge in [0, 0.05) is 34.3 Å². The molecule has 6 rings (SSSR count). The topological polar surface area (TPSA) is 51.9 Å². The van der Waals surface area contributed by atoms with Gasteiger partial charge in [-0.15, -0.1) is 0 Å². The van der Waals surface area contributed by atoms with Gasteiger partial charge >= 0.3 is 5.63 Å². The number of anilines is 1. The summed E-state index contributed by atoms with van der Waals surface area (Å²) in [6.07, 6.45) is 3.91. The Morgan fingerprint density at radius 3 is 2.42 bits per heavy atom. The van der Waals surface area contributed by atoms with E-state index in [0.29, 0.717) is 12.3 Å². The van der Waals surface area contributed by atoms with Crippen LogP contribution >= 0.6 is 0 Å². The number of nitrogens with zero attached hydrogens (tertiary/aromatic N) is 1. The number of hydrogen-bond donors (Lipinski definition) is 0. The fraction of sp³-hybridized carbons (Fsp3) is 0.250. The van der Waals surface area contributed by atoms with Crippen LogP contribution in [0.5, 0.6) is 17.2 Å². The van der Waals surface area contributed by atoms with E-state index in [1.54, 1.807) is 0 Å². The third-order valence-electron chi connectivity index (χ3n) is 6.68. The molecule has 0 saturated heterocycles. The van der Waals surface area contributed by atoms with E-state index in [0.717, 1.165) is 82.8 Å². The van der Waals surface area contributed by atoms with E-state index in [9.17, 15) is 4.79 Å². The smallest absolute Gasteiger partial charge is 0.339 e. The summed E-state index contributed by atoms with van der Waals surface area (Å²) in [4.78, 5) is 14.8. The van der Waals surface area contributed by atoms with Gasteiger partial charge in [0.15, 0.2) is 6.73 Å². The Hall–Kier alpha value is -3.73. The van der Waals surface area contributed by atoms with Crippen molar-refractivity contribution < 1.29 is 13.9 Å². The van der Waals surface area contributed by atoms with Crippen LogP contribution < -0.4 is 20.0 Å². The molecule has 1 aliphatic carbocycles. The average molecular weight is 440 g/mol. The maximum atomic E-state index is 12.6. The maximum Gasteiger partial charge on any atom is 0.339 e. The van der Waals surface area contributed by atoms with Crippen molar-refractivity contribution in [3.63, 3.8) is 0 Å². The molecule has 0 amide bonds. The summed E-state index contributed by atoms with van der Waals surface area (Å²) < 4.78 is 17.9. The van der Waals surface area contributed by atoms with E-state index >= 15 is 0 Å². The molecule has 5 heteroatoms. The molecule has 0 unspecified atom stereocenters. The summed E-state index contributed by atoms with van der Waals surface area (Å²) in [5.74, 6) is 2.45. The van der Waals surface area contributed by atoms with Crippen LogP contribution in [0.15, 0.2) is 69.9 Å². The lowest BCUT2D eigenvalue weighted by Gasteiger charge is -2.32. The van der Waals surface area contributed by atoms with Crippen molar-refractivity contribution in [2.75, 3.05) is 11.6 Å². The Bertz CT molecular complexity index is 1390. The lowest BCUT2D eigenvalue weighted by atomic mass is 9.89. The molecule has 2 heterocycles. The first-order chi connectivity index (χ1) is 16.2. The van der Waals surface area contributed by atoms with Crippen molar-refractivity contribution in [2.24, 2.45) is 0 Å². The van der Waals surface area contributed by atoms with Gasteiger partial charge in [-0.25, -0.2) is 4.79 Å². The molecule has 0 saturated carbocycles. The highest BCUT2D eigenvalue weighted by Gasteiger charge is 2.25. The van der Waals surface area contributed by atoms with Crippen molar-refractivity contribution in [3.8, 4) is 17.2 Å². The quantitative estimate of drug-likeness (QED) is 0.360. The van der Waals surface area contributed by atoms with Crippen molar-refractivity contribution in [3.05, 3.63) is 93.3 Å². The van der Waals surface area contributed by atoms with Gasteiger partial charge in [0.05, 0.1) is 0 Å². The second kappa shape index (κ2) is 8.00. The molecule has 1 aromatic heterocycles. The fourth-order valence-corrected chi connectivity index (χ4v) is 5.02. The molecule has 4 aromatic rings. The van der Waals surface area contributed by atoms with Crippen molar-refractivity contribution in [1.82, 2.24) is 0 Å². The van der Waals surface area contributed by atoms with Gasteiger partial charge < -0.3 is 18.8 Å². The molecule has 0 spiro atoms. The summed E-state index contributed by atoms with van der Waals surface area (Å²) in [6.45, 7) is 3.16. The normalized spacial score (nSPS) is 15.0. The summed E-state index contributed by atoms with van der Waals surface area (Å²) in [6, 6.07) is 20.0. The largest absolute Gasteiger partial charge is 0.472 e. The van der Waals surface area contributed by atoms with E-state index < -0.39 is 0 Å². The second-order valence-electron chi connectivity index (χ2n) is 8.80. The number of rotatable bonds is 3. The van der Waals surface area contributed by atoms with Gasteiger partial charge in [0.1, 0.15) is 22.8 Å². The van der Waals surface area contributed by atoms with E-state index in [1.165, 1.54) is 0 Å². The Balaban J connectivity index is 1.31. The SMILES string of the molecule is Cc1c2c(cc3c4c(c(=O)oc13)CCCC4)CN(c1ccc(Oc3ccccc3)cc1)CO2. The highest BCUT2D eigenvalue weighted by Crippen LogP contribution is 2.39. The third kappa shape index (κ3) is 3.54. The fourth-order valence-electron chi connectivity index (χ4n) is 5.02. The summed E-state index contributed by atoms with van der Waals surface area (Å²) in [5.41, 5.74) is 5.62. The minimum Gasteiger partial charge on any atom is -0.472 e. The molecule has 166 valence electrons. The zero-order valence-corrected chi connectivity index (χ0v) is 18.6. The highest BCUT2D eigenvalue weighted by molar-refractivity contribution is 5.87. The van der Waals surface area contributed by atoms with Crippen LogP contribution in [-0.2, 0) is 19.4 Å². The van der Waals surface area contributed by atoms with E-state index in [-0.39, 0.29) is 5.63 Å². The number of ether oxygens (including phenoxy) is 2. The molecule has 33 heavy (non-hydrogen) atoms. The number of benzene rings is 3. The van der Waals surface area contributed by atoms with Crippen molar-refractivity contribution >= 4 is 16.7 Å². The summed E-state index contributed by atoms with van der Waals surface area (Å²) >= 11 is 0. The van der Waals surface area contributed by atoms with Gasteiger partial charge in [0.25, 0.3) is 0 Å². The Labute approximate surface area is 192 Å². The zero-order valence-electron chi connectivity index (χ0n) is 18.6. The lowest BCUT2D eigenvalue weighted by Crippen LogP contribution is -2.32. The average Bonchev–Trinajstić information content (AvgIpc) is 2.86. The van der Waals surface area contributed by atoms with Crippen LogP contribution in [-0.4, -0.2) is 6.73 Å². The van der Waals surface area contributed by atoms with Gasteiger partial charge in [-0.3, -0.25) is 0 Å². The molecule has 1 aliphatic heterocycles. The first kappa shape index (κ1) is 19.9. The van der Waals surface area contributed by atoms with E-state index in [2.05, 4.69) is 23.1 Å². The number of fused-ring (bicyclic) bond motifs is 4. The van der Waals surface area contributed by atoms with Crippen LogP contribution in [0.3, 0.4) is 0 Å². The first-order valence-electron chi connectivity index (χ1n) is 11.5. The van der Waals surface area contributed by atoms with Crippen LogP contribution in [0.1, 0.15) is 35.1 Å². The Kier molecular flexibility index (Phi) is 4.83. The van der Waals surface area contributed by atoms with Crippen LogP contribution in [0.25, 0.3) is 11.0 Å². The van der Waals surface area contributed by atoms with Crippen molar-refractivity contribution in [2.45, 2.75) is 39.2 Å². The van der Waals surface area contributed by atoms with Crippen LogP contribution in [0.4, 0.5) is 5.69 Å². The second-order valence-corrected chi connectivity index (χ2v) is 8.80. The molecule has 5 nitrogen and oxygen atoms in total. The molecule has 0 atom stereocenters. The molecule has 0 fully saturated rings. The molecule has 0 bridgehead atoms. The number of aryl methyl sites for hydroxylation is 2. The third-order valence-corrected chi connectivity index (χ3v) is 6.68. The molecule has 0 N–H and O–H groups in total. The number of hydrogen-bond acceptors (Lipinski definition) is 5. The number of para-hydroxylation sites is 1. The summed E-state index contributed by atoms with van der Waals surface area (Å²) in [7, 11) is 0. The van der Waals surface area contributed by atoms with Gasteiger partial charge in [-0.2, -0.15) is 0 Å². The maximum absolute atomic E-state index is 12.6. The van der Waals surface area contributed by atoms with Crippen LogP contribution in [0.2, 0.25) is 0 Å². The predicted molar refractivity (Wildman–Crippen MR) is 128 cm³/mol. The minimum absolute atomic E-state index is 0.185. The van der Waals surface area contributed by atoms with Gasteiger partial charge in [-0.1, -0.05) is 18.2 Å². The standard InChI is InChI=1S/C28H25NO4/c1-18-26-19(15-25-23-9-5-6-10-24(23)28(30)33-27(18)25)16-29(17-31-26)20-11-13-22(14-12-20)32-21-7-3-2-4-8-21/h2-4,7-8,11-15H,5-6,9-10,16-17H2,1H3. The lowest BCUT2D eigenvalue weighted by molar-refractivity contribution is 0.287. The molecule has 3 aromatic carbocycles. The highest BCUT2D eigenvalue weighted by atomic mass is 16.5. The molecule has 0 radical (unpaired) electrons. The predicted octanol–water partition coefficient (Wildman–Crippen LogP) is 6.13. The molecule has 2 aliphatic rings. The van der Waals surface area contributed by atoms with E-state index in [4.69, 9.17) is 13.9 Å². The van der Waals surface area contributed by atoms with Crippen LogP contribution in [0, 0.1) is 6.92 Å². The first-order valence-corrected chi connectivity index (χ1v) is 11.5. The van der Waals surface area contributed by atoms with Crippen molar-refractivity contribution in [1.29, 1.82) is 0 Å². The Morgan fingerprint density at radius 2 is 1.64 bits per heavy atom. The zero-order chi connectivity index (χ0) is 22.4. The molecular weight excluding hydrogens is 414 g/mol. The van der Waals surface area contributed by atoms with E-state index in [1.807, 2.05) is 49.4 Å². The van der Waals surface area contributed by atoms with Gasteiger partial charge in [0.2, 0.25) is 0 Å². The van der Waals surface area contributed by atoms with Gasteiger partial charge in [-0.05, 0) is 80.6 Å². The minimum atomic E-state index is -0.185. The monoisotopic (exact) mass is 439 g/mol. The summed E-state index contributed by atoms with van der Waals surface area (Å²) in [5, 5.41) is 1.07. The molecular formula is C28H25NO4.